The summed E-state index contributed by atoms with van der Waals surface area (Å²) in [5.41, 5.74) is 0.146. The SMILES string of the molecule is C=CC(C)(O)CC/C=C/[C@@]1(C)CCC(C(=C)C)O1. The van der Waals surface area contributed by atoms with Gasteiger partial charge in [-0.05, 0) is 46.5 Å². The van der Waals surface area contributed by atoms with E-state index < -0.39 is 5.60 Å². The summed E-state index contributed by atoms with van der Waals surface area (Å²) in [6, 6.07) is 0. The molecule has 0 saturated carbocycles. The van der Waals surface area contributed by atoms with Gasteiger partial charge < -0.3 is 9.84 Å². The fraction of sp³-hybridized carbons (Fsp3) is 0.625. The average molecular weight is 250 g/mol. The summed E-state index contributed by atoms with van der Waals surface area (Å²) in [7, 11) is 0. The van der Waals surface area contributed by atoms with Crippen molar-refractivity contribution in [3.05, 3.63) is 37.0 Å². The standard InChI is InChI=1S/C16H26O2/c1-6-15(4,17)10-7-8-11-16(5)12-9-14(18-16)13(2)3/h6,8,11,14,17H,1-2,7,9-10,12H2,3-5H3/b11-8+/t14?,15?,16-/m0/s1. The first-order chi connectivity index (χ1) is 8.28. The molecule has 0 radical (unpaired) electrons. The molecule has 1 aliphatic heterocycles. The number of allylic oxidation sites excluding steroid dienone is 1. The third-order valence-electron chi connectivity index (χ3n) is 3.59. The van der Waals surface area contributed by atoms with Gasteiger partial charge in [0.25, 0.3) is 0 Å². The maximum Gasteiger partial charge on any atom is 0.0843 e. The number of aliphatic hydroxyl groups is 1. The molecule has 1 rings (SSSR count). The largest absolute Gasteiger partial charge is 0.386 e. The molecule has 2 heteroatoms. The van der Waals surface area contributed by atoms with Gasteiger partial charge in [0.2, 0.25) is 0 Å². The summed E-state index contributed by atoms with van der Waals surface area (Å²) in [6.07, 6.45) is 9.58. The first-order valence-corrected chi connectivity index (χ1v) is 6.65. The molecule has 1 aliphatic rings. The van der Waals surface area contributed by atoms with E-state index in [-0.39, 0.29) is 11.7 Å². The highest BCUT2D eigenvalue weighted by Gasteiger charge is 2.33. The van der Waals surface area contributed by atoms with Crippen molar-refractivity contribution in [3.63, 3.8) is 0 Å². The van der Waals surface area contributed by atoms with Crippen LogP contribution in [0, 0.1) is 0 Å². The Morgan fingerprint density at radius 1 is 1.61 bits per heavy atom. The predicted octanol–water partition coefficient (Wildman–Crippen LogP) is 3.77. The van der Waals surface area contributed by atoms with Crippen LogP contribution in [0.4, 0.5) is 0 Å². The number of ether oxygens (including phenoxy) is 1. The van der Waals surface area contributed by atoms with Gasteiger partial charge in [-0.2, -0.15) is 0 Å². The molecule has 1 saturated heterocycles. The van der Waals surface area contributed by atoms with Gasteiger partial charge in [0.05, 0.1) is 17.3 Å². The third kappa shape index (κ3) is 4.43. The molecule has 2 nitrogen and oxygen atoms in total. The molecule has 1 heterocycles. The zero-order valence-corrected chi connectivity index (χ0v) is 11.9. The number of hydrogen-bond acceptors (Lipinski definition) is 2. The Hall–Kier alpha value is -0.860. The minimum atomic E-state index is -0.776. The van der Waals surface area contributed by atoms with Crippen LogP contribution in [0.5, 0.6) is 0 Å². The van der Waals surface area contributed by atoms with Gasteiger partial charge in [-0.3, -0.25) is 0 Å². The smallest absolute Gasteiger partial charge is 0.0843 e. The lowest BCUT2D eigenvalue weighted by Crippen LogP contribution is -2.22. The Morgan fingerprint density at radius 2 is 2.28 bits per heavy atom. The van der Waals surface area contributed by atoms with Crippen LogP contribution < -0.4 is 0 Å². The monoisotopic (exact) mass is 250 g/mol. The molecule has 0 bridgehead atoms. The highest BCUT2D eigenvalue weighted by molar-refractivity contribution is 5.10. The molecule has 102 valence electrons. The Morgan fingerprint density at radius 3 is 2.78 bits per heavy atom. The van der Waals surface area contributed by atoms with Crippen molar-refractivity contribution in [2.75, 3.05) is 0 Å². The van der Waals surface area contributed by atoms with E-state index in [2.05, 4.69) is 32.2 Å². The molecule has 2 unspecified atom stereocenters. The molecule has 0 amide bonds. The summed E-state index contributed by atoms with van der Waals surface area (Å²) in [4.78, 5) is 0. The van der Waals surface area contributed by atoms with Crippen LogP contribution in [-0.4, -0.2) is 22.4 Å². The lowest BCUT2D eigenvalue weighted by atomic mass is 9.97. The zero-order valence-electron chi connectivity index (χ0n) is 11.9. The highest BCUT2D eigenvalue weighted by atomic mass is 16.5. The molecule has 1 N–H and O–H groups in total. The Labute approximate surface area is 111 Å². The molecule has 0 aliphatic carbocycles. The quantitative estimate of drug-likeness (QED) is 0.727. The van der Waals surface area contributed by atoms with E-state index in [9.17, 15) is 5.11 Å². The van der Waals surface area contributed by atoms with E-state index in [1.165, 1.54) is 0 Å². The Balaban J connectivity index is 2.43. The van der Waals surface area contributed by atoms with Crippen molar-refractivity contribution < 1.29 is 9.84 Å². The van der Waals surface area contributed by atoms with Crippen LogP contribution in [0.25, 0.3) is 0 Å². The molecule has 18 heavy (non-hydrogen) atoms. The lowest BCUT2D eigenvalue weighted by Gasteiger charge is -2.21. The molecular weight excluding hydrogens is 224 g/mol. The second-order valence-electron chi connectivity index (χ2n) is 5.81. The van der Waals surface area contributed by atoms with Crippen molar-refractivity contribution >= 4 is 0 Å². The lowest BCUT2D eigenvalue weighted by molar-refractivity contribution is 0.0218. The van der Waals surface area contributed by atoms with Gasteiger partial charge in [-0.15, -0.1) is 6.58 Å². The molecule has 3 atom stereocenters. The Bertz CT molecular complexity index is 341. The van der Waals surface area contributed by atoms with Crippen molar-refractivity contribution in [1.29, 1.82) is 0 Å². The van der Waals surface area contributed by atoms with Crippen LogP contribution in [0.3, 0.4) is 0 Å². The molecule has 0 aromatic rings. The van der Waals surface area contributed by atoms with Crippen molar-refractivity contribution in [2.45, 2.75) is 63.8 Å². The predicted molar refractivity (Wildman–Crippen MR) is 76.5 cm³/mol. The first-order valence-electron chi connectivity index (χ1n) is 6.65. The third-order valence-corrected chi connectivity index (χ3v) is 3.59. The van der Waals surface area contributed by atoms with Gasteiger partial charge in [-0.1, -0.05) is 30.4 Å². The van der Waals surface area contributed by atoms with Gasteiger partial charge in [-0.25, -0.2) is 0 Å². The minimum Gasteiger partial charge on any atom is -0.386 e. The van der Waals surface area contributed by atoms with Crippen molar-refractivity contribution in [3.8, 4) is 0 Å². The summed E-state index contributed by atoms with van der Waals surface area (Å²) >= 11 is 0. The molecule has 1 fully saturated rings. The zero-order chi connectivity index (χ0) is 13.8. The van der Waals surface area contributed by atoms with E-state index in [4.69, 9.17) is 4.74 Å². The van der Waals surface area contributed by atoms with E-state index >= 15 is 0 Å². The second-order valence-corrected chi connectivity index (χ2v) is 5.81. The van der Waals surface area contributed by atoms with Gasteiger partial charge in [0.1, 0.15) is 0 Å². The van der Waals surface area contributed by atoms with Crippen LogP contribution in [0.1, 0.15) is 46.5 Å². The van der Waals surface area contributed by atoms with Crippen LogP contribution in [0.2, 0.25) is 0 Å². The summed E-state index contributed by atoms with van der Waals surface area (Å²) < 4.78 is 6.00. The number of rotatable bonds is 6. The Kier molecular flexibility index (Phi) is 4.94. The molecular formula is C16H26O2. The van der Waals surface area contributed by atoms with Crippen LogP contribution >= 0.6 is 0 Å². The summed E-state index contributed by atoms with van der Waals surface area (Å²) in [5.74, 6) is 0. The molecule has 0 aromatic heterocycles. The molecule has 0 spiro atoms. The average Bonchev–Trinajstić information content (AvgIpc) is 2.68. The van der Waals surface area contributed by atoms with E-state index in [1.807, 2.05) is 6.92 Å². The van der Waals surface area contributed by atoms with Crippen LogP contribution in [0.15, 0.2) is 37.0 Å². The van der Waals surface area contributed by atoms with Gasteiger partial charge in [0, 0.05) is 0 Å². The summed E-state index contributed by atoms with van der Waals surface area (Å²) in [6.45, 7) is 13.5. The second kappa shape index (κ2) is 5.85. The normalized spacial score (nSPS) is 31.4. The van der Waals surface area contributed by atoms with Crippen molar-refractivity contribution in [1.82, 2.24) is 0 Å². The minimum absolute atomic E-state index is 0.177. The maximum atomic E-state index is 9.80. The fourth-order valence-electron chi connectivity index (χ4n) is 2.14. The van der Waals surface area contributed by atoms with E-state index in [0.717, 1.165) is 24.8 Å². The van der Waals surface area contributed by atoms with Gasteiger partial charge >= 0.3 is 0 Å². The number of hydrogen-bond donors (Lipinski definition) is 1. The van der Waals surface area contributed by atoms with E-state index in [0.29, 0.717) is 6.42 Å². The highest BCUT2D eigenvalue weighted by Crippen LogP contribution is 2.34. The van der Waals surface area contributed by atoms with Gasteiger partial charge in [0.15, 0.2) is 0 Å². The maximum absolute atomic E-state index is 9.80. The van der Waals surface area contributed by atoms with Crippen LogP contribution in [-0.2, 0) is 4.74 Å². The van der Waals surface area contributed by atoms with Crippen molar-refractivity contribution in [2.24, 2.45) is 0 Å². The first kappa shape index (κ1) is 15.2. The summed E-state index contributed by atoms with van der Waals surface area (Å²) in [5, 5.41) is 9.80. The fourth-order valence-corrected chi connectivity index (χ4v) is 2.14. The van der Waals surface area contributed by atoms with E-state index in [1.54, 1.807) is 13.0 Å². The topological polar surface area (TPSA) is 29.5 Å². The molecule has 0 aromatic carbocycles.